The van der Waals surface area contributed by atoms with E-state index in [2.05, 4.69) is 16.0 Å². The van der Waals surface area contributed by atoms with Gasteiger partial charge in [0.15, 0.2) is 0 Å². The minimum Gasteiger partial charge on any atom is -0.481 e. The van der Waals surface area contributed by atoms with E-state index < -0.39 is 71.5 Å². The zero-order valence-electron chi connectivity index (χ0n) is 23.2. The van der Waals surface area contributed by atoms with Crippen molar-refractivity contribution in [3.63, 3.8) is 0 Å². The van der Waals surface area contributed by atoms with Crippen molar-refractivity contribution < 1.29 is 47.0 Å². The molecule has 1 aliphatic heterocycles. The van der Waals surface area contributed by atoms with Crippen LogP contribution in [0.3, 0.4) is 0 Å². The molecular formula is C27H35F3N4O7. The fraction of sp³-hybridized carbons (Fsp3) is 0.556. The maximum Gasteiger partial charge on any atom is 0.452 e. The Bertz CT molecular complexity index is 1150. The van der Waals surface area contributed by atoms with Crippen LogP contribution in [0.15, 0.2) is 24.3 Å². The van der Waals surface area contributed by atoms with Crippen molar-refractivity contribution in [1.82, 2.24) is 20.9 Å². The first-order chi connectivity index (χ1) is 19.1. The Hall–Kier alpha value is -3.81. The van der Waals surface area contributed by atoms with Crippen LogP contribution in [0.25, 0.3) is 0 Å². The second-order valence-corrected chi connectivity index (χ2v) is 10.4. The van der Waals surface area contributed by atoms with E-state index in [4.69, 9.17) is 5.11 Å². The molecule has 4 N–H and O–H groups in total. The molecule has 0 saturated carbocycles. The molecule has 0 radical (unpaired) electrons. The Morgan fingerprint density at radius 1 is 0.976 bits per heavy atom. The van der Waals surface area contributed by atoms with Crippen LogP contribution in [-0.4, -0.2) is 82.8 Å². The second kappa shape index (κ2) is 14.2. The first-order valence-electron chi connectivity index (χ1n) is 13.2. The lowest BCUT2D eigenvalue weighted by Crippen LogP contribution is -2.63. The Morgan fingerprint density at radius 3 is 1.98 bits per heavy atom. The molecule has 0 aromatic heterocycles. The van der Waals surface area contributed by atoms with Gasteiger partial charge in [-0.25, -0.2) is 0 Å². The molecule has 1 aromatic rings. The number of Topliss-reactive ketones (excluding diaryl/α,β-unsaturated/α-hetero) is 1. The standard InChI is InChI=1S/C27H35F3N4O7/c1-14(2)20(33-24(39)17-9-7-16(8-10-17)23(38)32-13-11-19(35)36)26(41)34(25(40)18-6-5-12-31-18)21(15(3)4)22(37)27(28,29)30/h7-10,14-15,18,20-21,31H,5-6,11-13H2,1-4H3,(H,32,38)(H,33,39)(H,35,36)/t18-,20-,21?/m0/s1. The largest absolute Gasteiger partial charge is 0.481 e. The maximum atomic E-state index is 13.8. The zero-order chi connectivity index (χ0) is 31.1. The summed E-state index contributed by atoms with van der Waals surface area (Å²) in [5.74, 6) is -8.57. The Kier molecular flexibility index (Phi) is 11.6. The number of benzene rings is 1. The van der Waals surface area contributed by atoms with Gasteiger partial charge >= 0.3 is 12.1 Å². The number of carbonyl (C=O) groups is 6. The number of nitrogens with one attached hydrogen (secondary N) is 3. The third kappa shape index (κ3) is 8.84. The summed E-state index contributed by atoms with van der Waals surface area (Å²) in [6.07, 6.45) is -4.77. The monoisotopic (exact) mass is 584 g/mol. The van der Waals surface area contributed by atoms with Crippen molar-refractivity contribution in [3.8, 4) is 0 Å². The van der Waals surface area contributed by atoms with Crippen molar-refractivity contribution in [2.75, 3.05) is 13.1 Å². The van der Waals surface area contributed by atoms with E-state index in [1.165, 1.54) is 52.0 Å². The molecule has 1 heterocycles. The highest BCUT2D eigenvalue weighted by molar-refractivity contribution is 6.07. The van der Waals surface area contributed by atoms with E-state index in [0.717, 1.165) is 0 Å². The summed E-state index contributed by atoms with van der Waals surface area (Å²) < 4.78 is 40.7. The summed E-state index contributed by atoms with van der Waals surface area (Å²) >= 11 is 0. The Labute approximate surface area is 235 Å². The molecule has 14 heteroatoms. The van der Waals surface area contributed by atoms with Gasteiger partial charge < -0.3 is 21.1 Å². The highest BCUT2D eigenvalue weighted by Crippen LogP contribution is 2.27. The molecule has 41 heavy (non-hydrogen) atoms. The zero-order valence-corrected chi connectivity index (χ0v) is 23.2. The number of rotatable bonds is 12. The number of aliphatic carboxylic acids is 1. The molecule has 1 saturated heterocycles. The number of ketones is 1. The van der Waals surface area contributed by atoms with E-state index >= 15 is 0 Å². The molecule has 1 aromatic carbocycles. The number of halogens is 3. The van der Waals surface area contributed by atoms with E-state index in [1.807, 2.05) is 0 Å². The van der Waals surface area contributed by atoms with Crippen molar-refractivity contribution in [2.45, 2.75) is 71.3 Å². The predicted octanol–water partition coefficient (Wildman–Crippen LogP) is 1.91. The van der Waals surface area contributed by atoms with Crippen LogP contribution < -0.4 is 16.0 Å². The van der Waals surface area contributed by atoms with Gasteiger partial charge in [0.1, 0.15) is 12.1 Å². The molecule has 1 fully saturated rings. The summed E-state index contributed by atoms with van der Waals surface area (Å²) in [5.41, 5.74) is 0.141. The third-order valence-electron chi connectivity index (χ3n) is 6.54. The molecule has 226 valence electrons. The fourth-order valence-electron chi connectivity index (χ4n) is 4.38. The van der Waals surface area contributed by atoms with Gasteiger partial charge in [-0.3, -0.25) is 33.7 Å². The second-order valence-electron chi connectivity index (χ2n) is 10.4. The number of hydrogen-bond acceptors (Lipinski definition) is 7. The van der Waals surface area contributed by atoms with Gasteiger partial charge in [-0.2, -0.15) is 13.2 Å². The smallest absolute Gasteiger partial charge is 0.452 e. The third-order valence-corrected chi connectivity index (χ3v) is 6.54. The van der Waals surface area contributed by atoms with Gasteiger partial charge in [0.25, 0.3) is 23.5 Å². The number of nitrogens with zero attached hydrogens (tertiary/aromatic N) is 1. The number of imide groups is 1. The highest BCUT2D eigenvalue weighted by atomic mass is 19.4. The van der Waals surface area contributed by atoms with Gasteiger partial charge in [0.05, 0.1) is 12.5 Å². The first-order valence-corrected chi connectivity index (χ1v) is 13.2. The van der Waals surface area contributed by atoms with E-state index in [0.29, 0.717) is 17.9 Å². The number of hydrogen-bond donors (Lipinski definition) is 4. The van der Waals surface area contributed by atoms with Crippen LogP contribution in [0, 0.1) is 11.8 Å². The van der Waals surface area contributed by atoms with Gasteiger partial charge in [-0.1, -0.05) is 27.7 Å². The summed E-state index contributed by atoms with van der Waals surface area (Å²) in [5, 5.41) is 16.4. The lowest BCUT2D eigenvalue weighted by atomic mass is 9.93. The Morgan fingerprint density at radius 2 is 1.54 bits per heavy atom. The van der Waals surface area contributed by atoms with Crippen molar-refractivity contribution in [3.05, 3.63) is 35.4 Å². The maximum absolute atomic E-state index is 13.8. The fourth-order valence-corrected chi connectivity index (χ4v) is 4.38. The number of carboxylic acids is 1. The van der Waals surface area contributed by atoms with Crippen LogP contribution in [0.5, 0.6) is 0 Å². The molecule has 0 bridgehead atoms. The lowest BCUT2D eigenvalue weighted by Gasteiger charge is -2.37. The highest BCUT2D eigenvalue weighted by Gasteiger charge is 2.51. The number of alkyl halides is 3. The number of amides is 4. The van der Waals surface area contributed by atoms with E-state index in [1.54, 1.807) is 0 Å². The van der Waals surface area contributed by atoms with Crippen molar-refractivity contribution in [1.29, 1.82) is 0 Å². The van der Waals surface area contributed by atoms with Crippen LogP contribution in [0.4, 0.5) is 13.2 Å². The van der Waals surface area contributed by atoms with E-state index in [-0.39, 0.29) is 30.5 Å². The lowest BCUT2D eigenvalue weighted by molar-refractivity contribution is -0.182. The average molecular weight is 585 g/mol. The van der Waals surface area contributed by atoms with Crippen LogP contribution in [0.2, 0.25) is 0 Å². The Balaban J connectivity index is 2.34. The van der Waals surface area contributed by atoms with Gasteiger partial charge in [0, 0.05) is 17.7 Å². The molecule has 0 aliphatic carbocycles. The van der Waals surface area contributed by atoms with Crippen LogP contribution >= 0.6 is 0 Å². The summed E-state index contributed by atoms with van der Waals surface area (Å²) in [4.78, 5) is 75.8. The topological polar surface area (TPSA) is 162 Å². The van der Waals surface area contributed by atoms with Gasteiger partial charge in [-0.05, 0) is 55.5 Å². The molecule has 1 aliphatic rings. The minimum absolute atomic E-state index is 0.00708. The van der Waals surface area contributed by atoms with E-state index in [9.17, 15) is 41.9 Å². The average Bonchev–Trinajstić information content (AvgIpc) is 3.43. The van der Waals surface area contributed by atoms with Crippen molar-refractivity contribution in [2.24, 2.45) is 11.8 Å². The molecule has 1 unspecified atom stereocenters. The van der Waals surface area contributed by atoms with Crippen LogP contribution in [0.1, 0.15) is 67.7 Å². The number of carbonyl (C=O) groups excluding carboxylic acids is 5. The SMILES string of the molecule is CC(C)C(C(=O)C(F)(F)F)N(C(=O)[C@@H]1CCCN1)C(=O)[C@@H](NC(=O)c1ccc(C(=O)NCCC(=O)O)cc1)C(C)C. The van der Waals surface area contributed by atoms with Gasteiger partial charge in [0.2, 0.25) is 5.91 Å². The predicted molar refractivity (Wildman–Crippen MR) is 140 cm³/mol. The minimum atomic E-state index is -5.31. The molecule has 0 spiro atoms. The molecule has 3 atom stereocenters. The van der Waals surface area contributed by atoms with Crippen molar-refractivity contribution >= 4 is 35.4 Å². The van der Waals surface area contributed by atoms with Crippen LogP contribution in [-0.2, 0) is 19.2 Å². The quantitative estimate of drug-likeness (QED) is 0.290. The summed E-state index contributed by atoms with van der Waals surface area (Å²) in [6, 6.07) is 0.602. The normalized spacial score (nSPS) is 16.7. The molecule has 11 nitrogen and oxygen atoms in total. The molecule has 2 rings (SSSR count). The molecular weight excluding hydrogens is 549 g/mol. The first kappa shape index (κ1) is 33.4. The summed E-state index contributed by atoms with van der Waals surface area (Å²) in [7, 11) is 0. The summed E-state index contributed by atoms with van der Waals surface area (Å²) in [6.45, 7) is 5.96. The number of carboxylic acid groups (broad SMARTS) is 1. The molecule has 4 amide bonds. The van der Waals surface area contributed by atoms with Gasteiger partial charge in [-0.15, -0.1) is 0 Å².